The summed E-state index contributed by atoms with van der Waals surface area (Å²) in [6.07, 6.45) is 2.76. The molecule has 0 fully saturated rings. The van der Waals surface area contributed by atoms with Crippen LogP contribution in [0.25, 0.3) is 15.9 Å². The van der Waals surface area contributed by atoms with Crippen molar-refractivity contribution in [1.29, 1.82) is 0 Å². The van der Waals surface area contributed by atoms with Gasteiger partial charge in [0.1, 0.15) is 4.83 Å². The summed E-state index contributed by atoms with van der Waals surface area (Å²) < 4.78 is 7.78. The predicted octanol–water partition coefficient (Wildman–Crippen LogP) is 5.13. The minimum absolute atomic E-state index is 0.0177. The summed E-state index contributed by atoms with van der Waals surface area (Å²) in [5, 5.41) is 1.47. The molecule has 0 aliphatic carbocycles. The second kappa shape index (κ2) is 7.85. The number of rotatable bonds is 5. The van der Waals surface area contributed by atoms with E-state index in [0.29, 0.717) is 23.4 Å². The minimum atomic E-state index is 0.0177. The van der Waals surface area contributed by atoms with E-state index in [1.807, 2.05) is 37.3 Å². The zero-order chi connectivity index (χ0) is 19.8. The van der Waals surface area contributed by atoms with Crippen molar-refractivity contribution in [3.8, 4) is 5.69 Å². The fraction of sp³-hybridized carbons (Fsp3) is 0.364. The molecule has 146 valence electrons. The molecule has 28 heavy (non-hydrogen) atoms. The summed E-state index contributed by atoms with van der Waals surface area (Å²) in [7, 11) is 0. The lowest BCUT2D eigenvalue weighted by atomic mass is 9.96. The summed E-state index contributed by atoms with van der Waals surface area (Å²) in [5.41, 5.74) is 3.12. The molecule has 1 atom stereocenters. The smallest absolute Gasteiger partial charge is 0.267 e. The molecular weight excluding hydrogens is 388 g/mol. The van der Waals surface area contributed by atoms with E-state index in [-0.39, 0.29) is 11.7 Å². The van der Waals surface area contributed by atoms with Crippen molar-refractivity contribution in [2.75, 3.05) is 5.75 Å². The third kappa shape index (κ3) is 3.45. The zero-order valence-corrected chi connectivity index (χ0v) is 18.0. The Morgan fingerprint density at radius 3 is 3.00 bits per heavy atom. The number of hydrogen-bond acceptors (Lipinski definition) is 5. The number of hydrogen-bond donors (Lipinski definition) is 0. The van der Waals surface area contributed by atoms with Crippen LogP contribution in [0.15, 0.2) is 46.9 Å². The summed E-state index contributed by atoms with van der Waals surface area (Å²) in [5.74, 6) is 1.12. The van der Waals surface area contributed by atoms with Gasteiger partial charge < -0.3 is 4.74 Å². The third-order valence-corrected chi connectivity index (χ3v) is 7.08. The van der Waals surface area contributed by atoms with Crippen molar-refractivity contribution >= 4 is 33.3 Å². The van der Waals surface area contributed by atoms with Crippen molar-refractivity contribution in [2.45, 2.75) is 45.1 Å². The second-order valence-electron chi connectivity index (χ2n) is 7.46. The van der Waals surface area contributed by atoms with E-state index in [1.165, 1.54) is 11.8 Å². The molecule has 0 saturated heterocycles. The lowest BCUT2D eigenvalue weighted by Crippen LogP contribution is -2.28. The van der Waals surface area contributed by atoms with Gasteiger partial charge in [0.25, 0.3) is 5.56 Å². The molecule has 2 aromatic heterocycles. The Hall–Kier alpha value is -1.89. The highest BCUT2D eigenvalue weighted by atomic mass is 32.2. The van der Waals surface area contributed by atoms with Crippen molar-refractivity contribution in [1.82, 2.24) is 9.55 Å². The van der Waals surface area contributed by atoms with Crippen LogP contribution in [0.1, 0.15) is 29.9 Å². The third-order valence-electron chi connectivity index (χ3n) is 5.05. The average molecular weight is 413 g/mol. The molecule has 0 amide bonds. The quantitative estimate of drug-likeness (QED) is 0.331. The van der Waals surface area contributed by atoms with Crippen molar-refractivity contribution in [3.05, 3.63) is 63.3 Å². The molecular formula is C22H24N2O2S2. The molecule has 4 rings (SSSR count). The van der Waals surface area contributed by atoms with E-state index in [1.54, 1.807) is 15.9 Å². The van der Waals surface area contributed by atoms with Crippen molar-refractivity contribution in [3.63, 3.8) is 0 Å². The minimum Gasteiger partial charge on any atom is -0.372 e. The Balaban J connectivity index is 1.96. The molecule has 6 heteroatoms. The maximum Gasteiger partial charge on any atom is 0.267 e. The Morgan fingerprint density at radius 1 is 1.46 bits per heavy atom. The summed E-state index contributed by atoms with van der Waals surface area (Å²) >= 11 is 3.13. The highest BCUT2D eigenvalue weighted by Crippen LogP contribution is 2.36. The molecule has 3 aromatic rings. The molecule has 1 aliphatic heterocycles. The highest BCUT2D eigenvalue weighted by Gasteiger charge is 2.28. The SMILES string of the molecule is C=CCSc1nc2sc3c(c2c(=O)n1-c1cccc(C)c1)CC(C(C)C)OC3. The molecule has 0 N–H and O–H groups in total. The zero-order valence-electron chi connectivity index (χ0n) is 16.4. The van der Waals surface area contributed by atoms with Crippen LogP contribution in [-0.4, -0.2) is 21.4 Å². The molecule has 4 nitrogen and oxygen atoms in total. The molecule has 0 spiro atoms. The summed E-state index contributed by atoms with van der Waals surface area (Å²) in [4.78, 5) is 20.5. The second-order valence-corrected chi connectivity index (χ2v) is 9.53. The van der Waals surface area contributed by atoms with Gasteiger partial charge in [-0.1, -0.05) is 43.8 Å². The van der Waals surface area contributed by atoms with Crippen LogP contribution in [0.2, 0.25) is 0 Å². The van der Waals surface area contributed by atoms with Crippen molar-refractivity contribution < 1.29 is 4.74 Å². The van der Waals surface area contributed by atoms with Crippen LogP contribution < -0.4 is 5.56 Å². The number of ether oxygens (including phenoxy) is 1. The Kier molecular flexibility index (Phi) is 5.45. The van der Waals surface area contributed by atoms with Gasteiger partial charge in [0.2, 0.25) is 0 Å². The van der Waals surface area contributed by atoms with Crippen LogP contribution in [0, 0.1) is 12.8 Å². The van der Waals surface area contributed by atoms with Gasteiger partial charge in [-0.15, -0.1) is 17.9 Å². The van der Waals surface area contributed by atoms with Crippen LogP contribution >= 0.6 is 23.1 Å². The lowest BCUT2D eigenvalue weighted by molar-refractivity contribution is 0.00200. The van der Waals surface area contributed by atoms with Gasteiger partial charge in [0, 0.05) is 17.1 Å². The fourth-order valence-corrected chi connectivity index (χ4v) is 5.47. The molecule has 1 aromatic carbocycles. The summed E-state index contributed by atoms with van der Waals surface area (Å²) in [6, 6.07) is 8.02. The lowest BCUT2D eigenvalue weighted by Gasteiger charge is -2.26. The molecule has 0 bridgehead atoms. The number of benzene rings is 1. The number of aryl methyl sites for hydroxylation is 1. The van der Waals surface area contributed by atoms with Gasteiger partial charge in [-0.25, -0.2) is 4.98 Å². The monoisotopic (exact) mass is 412 g/mol. The maximum absolute atomic E-state index is 13.7. The van der Waals surface area contributed by atoms with Crippen LogP contribution in [0.5, 0.6) is 0 Å². The standard InChI is InChI=1S/C22H24N2O2S2/c1-5-9-27-22-23-20-19(16-11-17(13(2)3)26-12-18(16)28-20)21(25)24(22)15-8-6-7-14(4)10-15/h5-8,10,13,17H,1,9,11-12H2,2-4H3. The molecule has 1 unspecified atom stereocenters. The number of thioether (sulfide) groups is 1. The van der Waals surface area contributed by atoms with Gasteiger partial charge in [-0.2, -0.15) is 0 Å². The van der Waals surface area contributed by atoms with E-state index < -0.39 is 0 Å². The number of thiophene rings is 1. The predicted molar refractivity (Wildman–Crippen MR) is 118 cm³/mol. The van der Waals surface area contributed by atoms with Crippen LogP contribution in [0.4, 0.5) is 0 Å². The first-order valence-corrected chi connectivity index (χ1v) is 11.3. The van der Waals surface area contributed by atoms with Gasteiger partial charge in [-0.3, -0.25) is 9.36 Å². The van der Waals surface area contributed by atoms with Crippen LogP contribution in [0.3, 0.4) is 0 Å². The van der Waals surface area contributed by atoms with E-state index in [0.717, 1.165) is 38.3 Å². The topological polar surface area (TPSA) is 44.1 Å². The average Bonchev–Trinajstić information content (AvgIpc) is 3.04. The van der Waals surface area contributed by atoms with Crippen molar-refractivity contribution in [2.24, 2.45) is 5.92 Å². The molecule has 0 saturated carbocycles. The first kappa shape index (κ1) is 19.4. The Morgan fingerprint density at radius 2 is 2.29 bits per heavy atom. The largest absolute Gasteiger partial charge is 0.372 e. The number of aromatic nitrogens is 2. The van der Waals surface area contributed by atoms with Crippen LogP contribution in [-0.2, 0) is 17.8 Å². The Bertz CT molecular complexity index is 1100. The molecule has 0 radical (unpaired) electrons. The van der Waals surface area contributed by atoms with Gasteiger partial charge in [0.05, 0.1) is 23.8 Å². The fourth-order valence-electron chi connectivity index (χ4n) is 3.56. The number of fused-ring (bicyclic) bond motifs is 3. The normalized spacial score (nSPS) is 16.5. The van der Waals surface area contributed by atoms with Gasteiger partial charge in [-0.05, 0) is 36.1 Å². The Labute approximate surface area is 173 Å². The van der Waals surface area contributed by atoms with Gasteiger partial charge >= 0.3 is 0 Å². The van der Waals surface area contributed by atoms with Gasteiger partial charge in [0.15, 0.2) is 5.16 Å². The van der Waals surface area contributed by atoms with E-state index in [4.69, 9.17) is 9.72 Å². The first-order valence-electron chi connectivity index (χ1n) is 9.49. The number of nitrogens with zero attached hydrogens (tertiary/aromatic N) is 2. The van der Waals surface area contributed by atoms with E-state index >= 15 is 0 Å². The van der Waals surface area contributed by atoms with E-state index in [9.17, 15) is 4.79 Å². The molecule has 3 heterocycles. The summed E-state index contributed by atoms with van der Waals surface area (Å²) in [6.45, 7) is 10.7. The highest BCUT2D eigenvalue weighted by molar-refractivity contribution is 7.99. The van der Waals surface area contributed by atoms with E-state index in [2.05, 4.69) is 20.4 Å². The maximum atomic E-state index is 13.7. The first-order chi connectivity index (χ1) is 13.5. The molecule has 1 aliphatic rings.